The van der Waals surface area contributed by atoms with Gasteiger partial charge in [0.05, 0.1) is 21.1 Å². The van der Waals surface area contributed by atoms with E-state index in [1.807, 2.05) is 33.3 Å². The zero-order valence-corrected chi connectivity index (χ0v) is 19.5. The Morgan fingerprint density at radius 3 is 1.43 bits per heavy atom. The molecule has 0 atom stereocenters. The van der Waals surface area contributed by atoms with Crippen molar-refractivity contribution < 1.29 is 19.9 Å². The van der Waals surface area contributed by atoms with Crippen LogP contribution in [-0.2, 0) is 17.9 Å². The summed E-state index contributed by atoms with van der Waals surface area (Å²) in [4.78, 5) is 10.00. The van der Waals surface area contributed by atoms with Gasteiger partial charge in [-0.05, 0) is 11.1 Å². The third kappa shape index (κ3) is 17.1. The van der Waals surface area contributed by atoms with E-state index in [0.29, 0.717) is 4.48 Å². The van der Waals surface area contributed by atoms with Gasteiger partial charge in [-0.25, -0.2) is 4.79 Å². The van der Waals surface area contributed by atoms with Crippen molar-refractivity contribution in [3.63, 3.8) is 0 Å². The van der Waals surface area contributed by atoms with Crippen molar-refractivity contribution in [1.29, 1.82) is 0 Å². The quantitative estimate of drug-likeness (QED) is 0.325. The van der Waals surface area contributed by atoms with Crippen LogP contribution < -0.4 is 10.6 Å². The topological polar surface area (TPSA) is 92.9 Å². The Labute approximate surface area is 198 Å². The number of rotatable bonds is 9. The summed E-state index contributed by atoms with van der Waals surface area (Å²) in [5.41, 5.74) is 2.67. The SMILES string of the molecule is C[N+](C)(C)CC(=O)O.O.[Ca+2].c1ccc(CNCCNCc2ccccc2)cc1. The maximum absolute atomic E-state index is 10.00. The Hall–Kier alpha value is -0.990. The van der Waals surface area contributed by atoms with Crippen molar-refractivity contribution in [2.45, 2.75) is 13.1 Å². The van der Waals surface area contributed by atoms with Crippen molar-refractivity contribution in [2.75, 3.05) is 40.8 Å². The summed E-state index contributed by atoms with van der Waals surface area (Å²) in [6.45, 7) is 4.03. The van der Waals surface area contributed by atoms with Gasteiger partial charge in [0.25, 0.3) is 0 Å². The van der Waals surface area contributed by atoms with Crippen molar-refractivity contribution in [1.82, 2.24) is 10.6 Å². The van der Waals surface area contributed by atoms with Crippen LogP contribution in [-0.4, -0.2) is 99.6 Å². The molecule has 0 unspecified atom stereocenters. The number of nitrogens with zero attached hydrogens (tertiary/aromatic N) is 1. The van der Waals surface area contributed by atoms with E-state index in [9.17, 15) is 4.79 Å². The van der Waals surface area contributed by atoms with Crippen LogP contribution in [0.25, 0.3) is 0 Å². The predicted molar refractivity (Wildman–Crippen MR) is 116 cm³/mol. The average molecular weight is 417 g/mol. The van der Waals surface area contributed by atoms with Gasteiger partial charge in [-0.15, -0.1) is 0 Å². The summed E-state index contributed by atoms with van der Waals surface area (Å²) >= 11 is 0. The van der Waals surface area contributed by atoms with Gasteiger partial charge >= 0.3 is 43.7 Å². The van der Waals surface area contributed by atoms with Crippen LogP contribution in [0.15, 0.2) is 60.7 Å². The minimum absolute atomic E-state index is 0. The molecule has 0 fully saturated rings. The molecule has 6 nitrogen and oxygen atoms in total. The summed E-state index contributed by atoms with van der Waals surface area (Å²) in [6.07, 6.45) is 0. The Morgan fingerprint density at radius 2 is 1.18 bits per heavy atom. The number of carboxylic acids is 1. The molecule has 0 spiro atoms. The van der Waals surface area contributed by atoms with Gasteiger partial charge in [0.15, 0.2) is 6.54 Å². The number of benzene rings is 2. The van der Waals surface area contributed by atoms with Gasteiger partial charge in [-0.1, -0.05) is 60.7 Å². The molecule has 150 valence electrons. The Balaban J connectivity index is 0. The third-order valence-corrected chi connectivity index (χ3v) is 3.43. The molecule has 0 bridgehead atoms. The maximum Gasteiger partial charge on any atom is 2.00 e. The molecule has 0 aromatic heterocycles. The molecule has 2 rings (SSSR count). The first-order valence-electron chi connectivity index (χ1n) is 8.88. The first kappa shape index (κ1) is 29.2. The zero-order valence-electron chi connectivity index (χ0n) is 17.3. The minimum Gasteiger partial charge on any atom is -0.477 e. The zero-order chi connectivity index (χ0) is 19.3. The van der Waals surface area contributed by atoms with Crippen LogP contribution in [0, 0.1) is 0 Å². The molecule has 2 aromatic carbocycles. The Kier molecular flexibility index (Phi) is 17.7. The molecular weight excluding hydrogens is 382 g/mol. The van der Waals surface area contributed by atoms with E-state index in [2.05, 4.69) is 59.2 Å². The molecule has 0 saturated heterocycles. The van der Waals surface area contributed by atoms with Crippen molar-refractivity contribution >= 4 is 43.7 Å². The standard InChI is InChI=1S/C16H20N2.C5H11NO2.Ca.H2O/c1-3-7-15(8-4-1)13-17-11-12-18-14-16-9-5-2-6-10-16;1-6(2,3)4-5(7)8;;/h1-10,17-18H,11-14H2;4H2,1-3H3;;1H2/q;;+2;/p+1. The number of hydrogen-bond acceptors (Lipinski definition) is 3. The first-order valence-corrected chi connectivity index (χ1v) is 8.88. The van der Waals surface area contributed by atoms with Crippen molar-refractivity contribution in [3.05, 3.63) is 71.8 Å². The maximum atomic E-state index is 10.00. The van der Waals surface area contributed by atoms with Crippen molar-refractivity contribution in [3.8, 4) is 0 Å². The number of nitrogens with one attached hydrogen (secondary N) is 2. The number of carbonyl (C=O) groups is 1. The van der Waals surface area contributed by atoms with Crippen molar-refractivity contribution in [2.24, 2.45) is 0 Å². The van der Waals surface area contributed by atoms with Crippen LogP contribution in [0.1, 0.15) is 11.1 Å². The smallest absolute Gasteiger partial charge is 0.477 e. The molecule has 0 amide bonds. The van der Waals surface area contributed by atoms with Gasteiger partial charge in [0.1, 0.15) is 0 Å². The molecular formula is C21H34CaN3O3+3. The van der Waals surface area contributed by atoms with E-state index in [-0.39, 0.29) is 49.8 Å². The van der Waals surface area contributed by atoms with Crippen LogP contribution in [0.2, 0.25) is 0 Å². The third-order valence-electron chi connectivity index (χ3n) is 3.43. The largest absolute Gasteiger partial charge is 2.00 e. The minimum atomic E-state index is -0.752. The first-order chi connectivity index (χ1) is 12.4. The summed E-state index contributed by atoms with van der Waals surface area (Å²) in [5, 5.41) is 15.1. The summed E-state index contributed by atoms with van der Waals surface area (Å²) in [5.74, 6) is -0.752. The fourth-order valence-electron chi connectivity index (χ4n) is 2.24. The molecule has 0 heterocycles. The summed E-state index contributed by atoms with van der Waals surface area (Å²) in [6, 6.07) is 21.0. The number of aliphatic carboxylic acids is 1. The molecule has 2 aromatic rings. The average Bonchev–Trinajstić information content (AvgIpc) is 2.58. The molecule has 7 heteroatoms. The van der Waals surface area contributed by atoms with Gasteiger partial charge in [0.2, 0.25) is 0 Å². The second kappa shape index (κ2) is 16.9. The molecule has 0 radical (unpaired) electrons. The molecule has 0 aliphatic rings. The molecule has 0 aliphatic heterocycles. The van der Waals surface area contributed by atoms with E-state index in [0.717, 1.165) is 26.2 Å². The van der Waals surface area contributed by atoms with Gasteiger partial charge < -0.3 is 25.7 Å². The van der Waals surface area contributed by atoms with Crippen LogP contribution in [0.3, 0.4) is 0 Å². The van der Waals surface area contributed by atoms with E-state index in [4.69, 9.17) is 5.11 Å². The van der Waals surface area contributed by atoms with E-state index in [1.54, 1.807) is 0 Å². The van der Waals surface area contributed by atoms with Crippen LogP contribution in [0.5, 0.6) is 0 Å². The second-order valence-electron chi connectivity index (χ2n) is 7.17. The number of carboxylic acid groups (broad SMARTS) is 1. The summed E-state index contributed by atoms with van der Waals surface area (Å²) < 4.78 is 0.481. The van der Waals surface area contributed by atoms with E-state index < -0.39 is 5.97 Å². The normalized spacial score (nSPS) is 9.96. The molecule has 0 aliphatic carbocycles. The fraction of sp³-hybridized carbons (Fsp3) is 0.381. The molecule has 5 N–H and O–H groups in total. The predicted octanol–water partition coefficient (Wildman–Crippen LogP) is 1.14. The Bertz CT molecular complexity index is 576. The molecule has 0 saturated carbocycles. The number of quaternary nitrogens is 1. The number of likely N-dealkylation sites (N-methyl/N-ethyl adjacent to an activating group) is 1. The van der Waals surface area contributed by atoms with E-state index in [1.165, 1.54) is 11.1 Å². The van der Waals surface area contributed by atoms with E-state index >= 15 is 0 Å². The number of hydrogen-bond donors (Lipinski definition) is 3. The fourth-order valence-corrected chi connectivity index (χ4v) is 2.24. The van der Waals surface area contributed by atoms with Gasteiger partial charge in [-0.3, -0.25) is 0 Å². The van der Waals surface area contributed by atoms with Gasteiger partial charge in [-0.2, -0.15) is 0 Å². The molecule has 28 heavy (non-hydrogen) atoms. The second-order valence-corrected chi connectivity index (χ2v) is 7.17. The van der Waals surface area contributed by atoms with Crippen LogP contribution in [0.4, 0.5) is 0 Å². The summed E-state index contributed by atoms with van der Waals surface area (Å²) in [7, 11) is 5.52. The van der Waals surface area contributed by atoms with Gasteiger partial charge in [0, 0.05) is 26.2 Å². The van der Waals surface area contributed by atoms with Crippen LogP contribution >= 0.6 is 0 Å². The Morgan fingerprint density at radius 1 is 0.821 bits per heavy atom. The monoisotopic (exact) mass is 416 g/mol.